The third-order valence-electron chi connectivity index (χ3n) is 5.77. The highest BCUT2D eigenvalue weighted by Crippen LogP contribution is 2.47. The normalized spacial score (nSPS) is 25.1. The Kier molecular flexibility index (Phi) is 8.29. The summed E-state index contributed by atoms with van der Waals surface area (Å²) in [5.41, 5.74) is -1.34. The molecule has 0 amide bonds. The summed E-state index contributed by atoms with van der Waals surface area (Å²) in [6.45, 7) is 12.4. The van der Waals surface area contributed by atoms with Gasteiger partial charge in [-0.1, -0.05) is 26.7 Å². The van der Waals surface area contributed by atoms with E-state index in [1.807, 2.05) is 34.6 Å². The summed E-state index contributed by atoms with van der Waals surface area (Å²) in [7, 11) is -2.45. The van der Waals surface area contributed by atoms with Gasteiger partial charge in [-0.15, -0.1) is 0 Å². The maximum absolute atomic E-state index is 11.5. The molecule has 1 saturated heterocycles. The SMILES string of the molecule is CCCCC(CC)(COP(O)O)C(O)N1C(C)(C)CC(O)CC1(C)C. The van der Waals surface area contributed by atoms with Gasteiger partial charge in [0.15, 0.2) is 0 Å². The zero-order valence-electron chi connectivity index (χ0n) is 16.7. The van der Waals surface area contributed by atoms with Crippen molar-refractivity contribution in [3.63, 3.8) is 0 Å². The van der Waals surface area contributed by atoms with Crippen molar-refractivity contribution in [2.45, 2.75) is 103 Å². The molecule has 2 atom stereocenters. The molecule has 0 aromatic rings. The van der Waals surface area contributed by atoms with Crippen molar-refractivity contribution in [1.29, 1.82) is 0 Å². The largest absolute Gasteiger partial charge is 0.393 e. The first-order valence-electron chi connectivity index (χ1n) is 9.38. The standard InChI is InChI=1S/C18H38NO5P/c1-7-9-10-18(8-2,13-24-25(22)23)15(21)19-16(3,4)11-14(20)12-17(19,5)6/h14-15,20-23H,7-13H2,1-6H3. The van der Waals surface area contributed by atoms with Crippen LogP contribution in [-0.4, -0.2) is 54.9 Å². The zero-order valence-corrected chi connectivity index (χ0v) is 17.6. The van der Waals surface area contributed by atoms with Gasteiger partial charge in [0.05, 0.1) is 12.7 Å². The minimum absolute atomic E-state index is 0.106. The van der Waals surface area contributed by atoms with Crippen LogP contribution < -0.4 is 0 Å². The van der Waals surface area contributed by atoms with Gasteiger partial charge in [-0.3, -0.25) is 4.90 Å². The molecule has 1 rings (SSSR count). The summed E-state index contributed by atoms with van der Waals surface area (Å²) >= 11 is 0. The predicted octanol–water partition coefficient (Wildman–Crippen LogP) is 3.13. The maximum atomic E-state index is 11.5. The van der Waals surface area contributed by atoms with Crippen molar-refractivity contribution < 1.29 is 24.5 Å². The number of piperidine rings is 1. The molecule has 7 heteroatoms. The van der Waals surface area contributed by atoms with Crippen molar-refractivity contribution >= 4 is 8.60 Å². The summed E-state index contributed by atoms with van der Waals surface area (Å²) < 4.78 is 5.20. The Balaban J connectivity index is 3.21. The maximum Gasteiger partial charge on any atom is 0.327 e. The fourth-order valence-corrected chi connectivity index (χ4v) is 5.00. The minimum Gasteiger partial charge on any atom is -0.393 e. The summed E-state index contributed by atoms with van der Waals surface area (Å²) in [4.78, 5) is 20.6. The highest BCUT2D eigenvalue weighted by atomic mass is 31.2. The molecule has 0 spiro atoms. The van der Waals surface area contributed by atoms with Crippen LogP contribution in [0.15, 0.2) is 0 Å². The summed E-state index contributed by atoms with van der Waals surface area (Å²) in [5.74, 6) is 0. The second-order valence-electron chi connectivity index (χ2n) is 8.78. The predicted molar refractivity (Wildman–Crippen MR) is 101 cm³/mol. The number of likely N-dealkylation sites (tertiary alicyclic amines) is 1. The molecule has 4 N–H and O–H groups in total. The van der Waals surface area contributed by atoms with Crippen LogP contribution in [0.25, 0.3) is 0 Å². The summed E-state index contributed by atoms with van der Waals surface area (Å²) in [6, 6.07) is 0. The van der Waals surface area contributed by atoms with Gasteiger partial charge in [0.1, 0.15) is 6.23 Å². The minimum atomic E-state index is -2.45. The van der Waals surface area contributed by atoms with Gasteiger partial charge in [0, 0.05) is 16.5 Å². The summed E-state index contributed by atoms with van der Waals surface area (Å²) in [5, 5.41) is 21.8. The molecule has 0 bridgehead atoms. The molecule has 1 heterocycles. The van der Waals surface area contributed by atoms with E-state index in [2.05, 4.69) is 11.8 Å². The molecule has 6 nitrogen and oxygen atoms in total. The van der Waals surface area contributed by atoms with Crippen molar-refractivity contribution in [2.75, 3.05) is 6.61 Å². The van der Waals surface area contributed by atoms with Gasteiger partial charge in [-0.25, -0.2) is 0 Å². The van der Waals surface area contributed by atoms with E-state index in [0.29, 0.717) is 19.3 Å². The number of hydrogen-bond donors (Lipinski definition) is 4. The van der Waals surface area contributed by atoms with Gasteiger partial charge < -0.3 is 24.5 Å². The molecule has 0 aliphatic carbocycles. The van der Waals surface area contributed by atoms with E-state index in [1.165, 1.54) is 0 Å². The molecule has 0 radical (unpaired) electrons. The van der Waals surface area contributed by atoms with Crippen molar-refractivity contribution in [1.82, 2.24) is 4.90 Å². The van der Waals surface area contributed by atoms with E-state index in [9.17, 15) is 20.0 Å². The van der Waals surface area contributed by atoms with Crippen LogP contribution >= 0.6 is 8.60 Å². The monoisotopic (exact) mass is 379 g/mol. The van der Waals surface area contributed by atoms with Crippen molar-refractivity contribution in [2.24, 2.45) is 5.41 Å². The Hall–Kier alpha value is 0.190. The third-order valence-corrected chi connectivity index (χ3v) is 6.13. The first-order chi connectivity index (χ1) is 11.4. The number of rotatable bonds is 9. The second kappa shape index (κ2) is 8.92. The quantitative estimate of drug-likeness (QED) is 0.460. The molecule has 150 valence electrons. The lowest BCUT2D eigenvalue weighted by Crippen LogP contribution is -2.68. The number of aliphatic hydroxyl groups is 2. The fraction of sp³-hybridized carbons (Fsp3) is 1.00. The van der Waals surface area contributed by atoms with Crippen LogP contribution in [0.2, 0.25) is 0 Å². The molecular weight excluding hydrogens is 341 g/mol. The van der Waals surface area contributed by atoms with Crippen LogP contribution in [0.4, 0.5) is 0 Å². The Morgan fingerprint density at radius 2 is 1.68 bits per heavy atom. The fourth-order valence-electron chi connectivity index (χ4n) is 4.63. The van der Waals surface area contributed by atoms with Crippen LogP contribution in [0, 0.1) is 5.41 Å². The molecular formula is C18H38NO5P. The van der Waals surface area contributed by atoms with Gasteiger partial charge in [-0.2, -0.15) is 0 Å². The van der Waals surface area contributed by atoms with Crippen LogP contribution in [0.3, 0.4) is 0 Å². The molecule has 0 aromatic heterocycles. The van der Waals surface area contributed by atoms with Gasteiger partial charge >= 0.3 is 8.60 Å². The highest BCUT2D eigenvalue weighted by molar-refractivity contribution is 7.39. The molecule has 25 heavy (non-hydrogen) atoms. The topological polar surface area (TPSA) is 93.4 Å². The van der Waals surface area contributed by atoms with E-state index in [-0.39, 0.29) is 23.8 Å². The van der Waals surface area contributed by atoms with E-state index < -0.39 is 20.2 Å². The van der Waals surface area contributed by atoms with Gasteiger partial charge in [0.25, 0.3) is 0 Å². The Bertz CT molecular complexity index is 400. The number of nitrogens with zero attached hydrogens (tertiary/aromatic N) is 1. The summed E-state index contributed by atoms with van der Waals surface area (Å²) in [6.07, 6.45) is 3.34. The van der Waals surface area contributed by atoms with E-state index >= 15 is 0 Å². The highest BCUT2D eigenvalue weighted by Gasteiger charge is 2.53. The zero-order chi connectivity index (χ0) is 19.5. The number of aliphatic hydroxyl groups excluding tert-OH is 2. The Morgan fingerprint density at radius 3 is 2.08 bits per heavy atom. The van der Waals surface area contributed by atoms with E-state index in [0.717, 1.165) is 19.3 Å². The molecule has 1 fully saturated rings. The van der Waals surface area contributed by atoms with Crippen molar-refractivity contribution in [3.05, 3.63) is 0 Å². The average molecular weight is 379 g/mol. The average Bonchev–Trinajstić information content (AvgIpc) is 2.44. The molecule has 1 aliphatic heterocycles. The number of unbranched alkanes of at least 4 members (excludes halogenated alkanes) is 1. The number of hydrogen-bond acceptors (Lipinski definition) is 6. The van der Waals surface area contributed by atoms with Crippen LogP contribution in [0.1, 0.15) is 80.1 Å². The first-order valence-corrected chi connectivity index (χ1v) is 10.5. The smallest absolute Gasteiger partial charge is 0.327 e. The van der Waals surface area contributed by atoms with Gasteiger partial charge in [0.2, 0.25) is 0 Å². The van der Waals surface area contributed by atoms with E-state index in [4.69, 9.17) is 4.52 Å². The first kappa shape index (κ1) is 23.2. The second-order valence-corrected chi connectivity index (χ2v) is 9.54. The van der Waals surface area contributed by atoms with Crippen LogP contribution in [0.5, 0.6) is 0 Å². The van der Waals surface area contributed by atoms with Crippen molar-refractivity contribution in [3.8, 4) is 0 Å². The van der Waals surface area contributed by atoms with Crippen LogP contribution in [-0.2, 0) is 4.52 Å². The molecule has 0 saturated carbocycles. The Labute approximate surface area is 154 Å². The molecule has 1 aliphatic rings. The third kappa shape index (κ3) is 5.58. The Morgan fingerprint density at radius 1 is 1.16 bits per heavy atom. The lowest BCUT2D eigenvalue weighted by atomic mass is 9.72. The molecule has 2 unspecified atom stereocenters. The molecule has 0 aromatic carbocycles. The van der Waals surface area contributed by atoms with Gasteiger partial charge in [-0.05, 0) is 53.4 Å². The lowest BCUT2D eigenvalue weighted by Gasteiger charge is -2.59. The van der Waals surface area contributed by atoms with E-state index in [1.54, 1.807) is 0 Å². The lowest BCUT2D eigenvalue weighted by molar-refractivity contribution is -0.213.